The number of carboxylic acid groups (broad SMARTS) is 1. The van der Waals surface area contributed by atoms with Crippen LogP contribution in [0.2, 0.25) is 0 Å². The number of aliphatic hydroxyl groups excluding tert-OH is 1. The molecule has 0 atom stereocenters. The summed E-state index contributed by atoms with van der Waals surface area (Å²) in [7, 11) is 0. The van der Waals surface area contributed by atoms with Crippen molar-refractivity contribution in [3.63, 3.8) is 0 Å². The van der Waals surface area contributed by atoms with Crippen molar-refractivity contribution in [1.82, 2.24) is 0 Å². The van der Waals surface area contributed by atoms with Crippen LogP contribution in [-0.2, 0) is 4.79 Å². The number of aliphatic carboxylic acids is 1. The lowest BCUT2D eigenvalue weighted by Crippen LogP contribution is -1.98. The molecule has 0 unspecified atom stereocenters. The maximum atomic E-state index is 9.12. The molecule has 0 rings (SSSR count). The molecule has 0 heterocycles. The molecule has 9 heavy (non-hydrogen) atoms. The third kappa shape index (κ3) is 107. The van der Waals surface area contributed by atoms with Crippen LogP contribution in [0.15, 0.2) is 0 Å². The first-order valence-electron chi connectivity index (χ1n) is 1.10. The Morgan fingerprint density at radius 2 is 1.22 bits per heavy atom. The largest absolute Gasteiger partial charge is 0.480 e. The Labute approximate surface area is 58.3 Å². The lowest BCUT2D eigenvalue weighted by atomic mass is 10.8. The Morgan fingerprint density at radius 1 is 1.11 bits per heavy atom. The van der Waals surface area contributed by atoms with Gasteiger partial charge in [0.05, 0.1) is 0 Å². The van der Waals surface area contributed by atoms with E-state index in [4.69, 9.17) is 15.0 Å². The van der Waals surface area contributed by atoms with Crippen molar-refractivity contribution in [2.45, 2.75) is 29.7 Å². The van der Waals surface area contributed by atoms with Gasteiger partial charge in [-0.2, -0.15) is 0 Å². The molecule has 0 aliphatic rings. The smallest absolute Gasteiger partial charge is 0.329 e. The van der Waals surface area contributed by atoms with Gasteiger partial charge in [0.1, 0.15) is 6.61 Å². The molecule has 2 N–H and O–H groups in total. The van der Waals surface area contributed by atoms with E-state index >= 15 is 0 Å². The van der Waals surface area contributed by atoms with Crippen molar-refractivity contribution in [2.75, 3.05) is 6.61 Å². The first kappa shape index (κ1) is 39.6. The number of hydrogen-bond acceptors (Lipinski definition) is 2. The fourth-order valence-corrected chi connectivity index (χ4v) is 0. The molecule has 62 valence electrons. The number of carboxylic acids is 1. The average Bonchev–Trinajstić information content (AvgIpc) is 1.38. The molecule has 0 fully saturated rings. The fraction of sp³-hybridized carbons (Fsp3) is 0.833. The van der Waals surface area contributed by atoms with Crippen LogP contribution in [-0.4, -0.2) is 22.8 Å². The van der Waals surface area contributed by atoms with Gasteiger partial charge in [0.25, 0.3) is 0 Å². The number of carbonyl (C=O) groups is 1. The number of hydrogen-bond donors (Lipinski definition) is 2. The zero-order chi connectivity index (χ0) is 4.28. The van der Waals surface area contributed by atoms with Gasteiger partial charge < -0.3 is 10.2 Å². The SMILES string of the molecule is C.C.C.C.O=C(O)CO. The highest BCUT2D eigenvalue weighted by Crippen LogP contribution is 1.48. The predicted octanol–water partition coefficient (Wildman–Crippen LogP) is 1.61. The van der Waals surface area contributed by atoms with E-state index < -0.39 is 12.6 Å². The molecule has 0 aromatic heterocycles. The lowest BCUT2D eigenvalue weighted by Gasteiger charge is -1.72. The van der Waals surface area contributed by atoms with Gasteiger partial charge in [-0.15, -0.1) is 0 Å². The third-order valence-electron chi connectivity index (χ3n) is 0.135. The third-order valence-corrected chi connectivity index (χ3v) is 0.135. The first-order chi connectivity index (χ1) is 2.27. The van der Waals surface area contributed by atoms with Crippen LogP contribution in [0.25, 0.3) is 0 Å². The molecule has 0 spiro atoms. The minimum atomic E-state index is -1.19. The molecule has 0 saturated carbocycles. The van der Waals surface area contributed by atoms with E-state index in [2.05, 4.69) is 0 Å². The van der Waals surface area contributed by atoms with E-state index in [1.807, 2.05) is 0 Å². The van der Waals surface area contributed by atoms with Crippen LogP contribution < -0.4 is 0 Å². The van der Waals surface area contributed by atoms with Crippen LogP contribution in [0.4, 0.5) is 0 Å². The maximum absolute atomic E-state index is 9.12. The Kier molecular flexibility index (Phi) is 115. The van der Waals surface area contributed by atoms with Crippen molar-refractivity contribution in [3.05, 3.63) is 0 Å². The van der Waals surface area contributed by atoms with Gasteiger partial charge in [0, 0.05) is 0 Å². The Morgan fingerprint density at radius 3 is 1.22 bits per heavy atom. The van der Waals surface area contributed by atoms with E-state index in [9.17, 15) is 0 Å². The summed E-state index contributed by atoms with van der Waals surface area (Å²) in [5.41, 5.74) is 0. The van der Waals surface area contributed by atoms with Crippen molar-refractivity contribution in [2.24, 2.45) is 0 Å². The molecular weight excluding hydrogens is 120 g/mol. The van der Waals surface area contributed by atoms with Crippen LogP contribution in [0.1, 0.15) is 29.7 Å². The van der Waals surface area contributed by atoms with Crippen molar-refractivity contribution < 1.29 is 15.0 Å². The van der Waals surface area contributed by atoms with E-state index in [1.165, 1.54) is 0 Å². The van der Waals surface area contributed by atoms with Gasteiger partial charge in [-0.1, -0.05) is 29.7 Å². The lowest BCUT2D eigenvalue weighted by molar-refractivity contribution is -0.140. The normalized spacial score (nSPS) is 4.11. The fourth-order valence-electron chi connectivity index (χ4n) is 0. The van der Waals surface area contributed by atoms with Crippen LogP contribution >= 0.6 is 0 Å². The molecule has 0 aliphatic heterocycles. The van der Waals surface area contributed by atoms with E-state index in [0.29, 0.717) is 0 Å². The highest BCUT2D eigenvalue weighted by atomic mass is 16.4. The predicted molar refractivity (Wildman–Crippen MR) is 41.6 cm³/mol. The Balaban J connectivity index is -0.0000000133. The van der Waals surface area contributed by atoms with Crippen LogP contribution in [0, 0.1) is 0 Å². The molecule has 0 radical (unpaired) electrons. The zero-order valence-corrected chi connectivity index (χ0v) is 2.51. The summed E-state index contributed by atoms with van der Waals surface area (Å²) in [6, 6.07) is 0. The van der Waals surface area contributed by atoms with Crippen LogP contribution in [0.5, 0.6) is 0 Å². The summed E-state index contributed by atoms with van der Waals surface area (Å²) in [6.07, 6.45) is 0. The highest BCUT2D eigenvalue weighted by molar-refractivity contribution is 5.67. The van der Waals surface area contributed by atoms with Gasteiger partial charge >= 0.3 is 5.97 Å². The number of aliphatic hydroxyl groups is 1. The van der Waals surface area contributed by atoms with Crippen molar-refractivity contribution >= 4 is 5.97 Å². The molecule has 3 nitrogen and oxygen atoms in total. The molecule has 0 amide bonds. The minimum Gasteiger partial charge on any atom is -0.480 e. The zero-order valence-electron chi connectivity index (χ0n) is 2.51. The number of rotatable bonds is 1. The topological polar surface area (TPSA) is 57.5 Å². The quantitative estimate of drug-likeness (QED) is 0.581. The van der Waals surface area contributed by atoms with E-state index in [1.54, 1.807) is 0 Å². The molecule has 0 aliphatic carbocycles. The summed E-state index contributed by atoms with van der Waals surface area (Å²) < 4.78 is 0. The monoisotopic (exact) mass is 140 g/mol. The summed E-state index contributed by atoms with van der Waals surface area (Å²) in [5, 5.41) is 15.0. The van der Waals surface area contributed by atoms with Crippen LogP contribution in [0.3, 0.4) is 0 Å². The Bertz CT molecular complexity index is 43.6. The Hall–Kier alpha value is -0.570. The second-order valence-corrected chi connectivity index (χ2v) is 0.552. The van der Waals surface area contributed by atoms with Gasteiger partial charge in [0.2, 0.25) is 0 Å². The standard InChI is InChI=1S/C2H4O3.4CH4/c3-1-2(4)5;;;;/h3H,1H2,(H,4,5);4*1H4. The second-order valence-electron chi connectivity index (χ2n) is 0.552. The summed E-state index contributed by atoms with van der Waals surface area (Å²) in [5.74, 6) is -1.19. The van der Waals surface area contributed by atoms with Crippen molar-refractivity contribution in [3.8, 4) is 0 Å². The molecule has 3 heteroatoms. The molecule has 0 saturated heterocycles. The molecular formula is C6H20O3. The van der Waals surface area contributed by atoms with E-state index in [-0.39, 0.29) is 29.7 Å². The summed E-state index contributed by atoms with van der Waals surface area (Å²) in [6.45, 7) is -0.778. The van der Waals surface area contributed by atoms with E-state index in [0.717, 1.165) is 0 Å². The average molecular weight is 140 g/mol. The summed E-state index contributed by atoms with van der Waals surface area (Å²) >= 11 is 0. The first-order valence-corrected chi connectivity index (χ1v) is 1.10. The summed E-state index contributed by atoms with van der Waals surface area (Å²) in [4.78, 5) is 9.12. The van der Waals surface area contributed by atoms with Gasteiger partial charge in [0.15, 0.2) is 0 Å². The van der Waals surface area contributed by atoms with Gasteiger partial charge in [-0.05, 0) is 0 Å². The van der Waals surface area contributed by atoms with Gasteiger partial charge in [-0.3, -0.25) is 0 Å². The minimum absolute atomic E-state index is 0. The second kappa shape index (κ2) is 26.1. The van der Waals surface area contributed by atoms with Gasteiger partial charge in [-0.25, -0.2) is 4.79 Å². The highest BCUT2D eigenvalue weighted by Gasteiger charge is 1.82. The molecule has 0 bridgehead atoms. The maximum Gasteiger partial charge on any atom is 0.329 e. The molecule has 0 aromatic rings. The molecule has 0 aromatic carbocycles. The van der Waals surface area contributed by atoms with Crippen molar-refractivity contribution in [1.29, 1.82) is 0 Å².